The molecule has 7 nitrogen and oxygen atoms in total. The molecule has 0 spiro atoms. The number of aromatic nitrogens is 2. The number of benzene rings is 3. The number of H-pyrrole nitrogens is 1. The van der Waals surface area contributed by atoms with Gasteiger partial charge in [0.2, 0.25) is 0 Å². The lowest BCUT2D eigenvalue weighted by molar-refractivity contribution is 0.483. The first-order valence-electron chi connectivity index (χ1n) is 9.15. The molecule has 8 heteroatoms. The summed E-state index contributed by atoms with van der Waals surface area (Å²) < 4.78 is 34.1. The third-order valence-electron chi connectivity index (χ3n) is 5.55. The molecule has 0 saturated carbocycles. The van der Waals surface area contributed by atoms with Crippen LogP contribution in [0.1, 0.15) is 5.56 Å². The van der Waals surface area contributed by atoms with Crippen LogP contribution in [0.3, 0.4) is 0 Å². The van der Waals surface area contributed by atoms with Gasteiger partial charge in [-0.25, -0.2) is 0 Å². The predicted molar refractivity (Wildman–Crippen MR) is 117 cm³/mol. The van der Waals surface area contributed by atoms with E-state index in [0.29, 0.717) is 27.2 Å². The van der Waals surface area contributed by atoms with Gasteiger partial charge in [-0.15, -0.1) is 0 Å². The SMILES string of the molecule is Cc1ccc2c(=O)c3cc4[nH]c5cc(S(=O)(=O)O)ccc5c(=O)c4cc3n(C)c2c1. The lowest BCUT2D eigenvalue weighted by Crippen LogP contribution is -2.11. The van der Waals surface area contributed by atoms with E-state index in [2.05, 4.69) is 4.98 Å². The number of hydrogen-bond donors (Lipinski definition) is 2. The van der Waals surface area contributed by atoms with Gasteiger partial charge in [0.05, 0.1) is 27.0 Å². The summed E-state index contributed by atoms with van der Waals surface area (Å²) in [4.78, 5) is 28.9. The van der Waals surface area contributed by atoms with Gasteiger partial charge in [-0.2, -0.15) is 8.42 Å². The van der Waals surface area contributed by atoms with E-state index < -0.39 is 10.1 Å². The molecule has 5 aromatic rings. The molecule has 0 aliphatic heterocycles. The molecule has 30 heavy (non-hydrogen) atoms. The smallest absolute Gasteiger partial charge is 0.294 e. The summed E-state index contributed by atoms with van der Waals surface area (Å²) in [6.07, 6.45) is 0. The van der Waals surface area contributed by atoms with Crippen molar-refractivity contribution < 1.29 is 13.0 Å². The molecule has 0 saturated heterocycles. The minimum atomic E-state index is -4.41. The topological polar surface area (TPSA) is 109 Å². The van der Waals surface area contributed by atoms with Crippen LogP contribution in [0.2, 0.25) is 0 Å². The Kier molecular flexibility index (Phi) is 3.71. The van der Waals surface area contributed by atoms with Crippen LogP contribution in [0.4, 0.5) is 0 Å². The van der Waals surface area contributed by atoms with Crippen LogP contribution in [0, 0.1) is 6.92 Å². The first-order chi connectivity index (χ1) is 14.1. The van der Waals surface area contributed by atoms with Crippen LogP contribution < -0.4 is 10.9 Å². The second kappa shape index (κ2) is 6.01. The molecule has 2 heterocycles. The van der Waals surface area contributed by atoms with Gasteiger partial charge in [0.1, 0.15) is 0 Å². The van der Waals surface area contributed by atoms with Crippen LogP contribution in [0.25, 0.3) is 43.6 Å². The predicted octanol–water partition coefficient (Wildman–Crippen LogP) is 3.24. The highest BCUT2D eigenvalue weighted by molar-refractivity contribution is 7.85. The summed E-state index contributed by atoms with van der Waals surface area (Å²) in [5.41, 5.74) is 2.67. The Morgan fingerprint density at radius 2 is 1.43 bits per heavy atom. The van der Waals surface area contributed by atoms with Gasteiger partial charge in [-0.3, -0.25) is 14.1 Å². The average molecular weight is 420 g/mol. The molecule has 0 radical (unpaired) electrons. The van der Waals surface area contributed by atoms with Crippen molar-refractivity contribution in [2.45, 2.75) is 11.8 Å². The van der Waals surface area contributed by atoms with E-state index in [-0.39, 0.29) is 26.7 Å². The molecule has 2 N–H and O–H groups in total. The van der Waals surface area contributed by atoms with Gasteiger partial charge < -0.3 is 9.55 Å². The third-order valence-corrected chi connectivity index (χ3v) is 6.40. The molecule has 0 aliphatic carbocycles. The quantitative estimate of drug-likeness (QED) is 0.320. The molecule has 0 aliphatic rings. The summed E-state index contributed by atoms with van der Waals surface area (Å²) in [5.74, 6) is 0. The van der Waals surface area contributed by atoms with Crippen molar-refractivity contribution in [3.05, 3.63) is 74.5 Å². The summed E-state index contributed by atoms with van der Waals surface area (Å²) in [6.45, 7) is 1.95. The van der Waals surface area contributed by atoms with E-state index in [4.69, 9.17) is 0 Å². The Morgan fingerprint density at radius 3 is 2.17 bits per heavy atom. The van der Waals surface area contributed by atoms with Crippen molar-refractivity contribution in [3.8, 4) is 0 Å². The number of hydrogen-bond acceptors (Lipinski definition) is 4. The number of pyridine rings is 2. The first-order valence-corrected chi connectivity index (χ1v) is 10.6. The van der Waals surface area contributed by atoms with Crippen LogP contribution in [0.15, 0.2) is 63.0 Å². The summed E-state index contributed by atoms with van der Waals surface area (Å²) in [5, 5.41) is 1.70. The van der Waals surface area contributed by atoms with Crippen LogP contribution in [0.5, 0.6) is 0 Å². The standard InChI is InChI=1S/C22H16N2O5S/c1-11-3-5-14-19(7-11)24(2)20-10-15-18(9-16(20)22(14)26)23-17-8-12(30(27,28)29)4-6-13(17)21(15)25/h3-10H,1-2H3,(H,23,25)(H,27,28,29). The van der Waals surface area contributed by atoms with Crippen molar-refractivity contribution in [1.29, 1.82) is 0 Å². The van der Waals surface area contributed by atoms with Crippen molar-refractivity contribution in [1.82, 2.24) is 9.55 Å². The maximum Gasteiger partial charge on any atom is 0.294 e. The minimum absolute atomic E-state index is 0.146. The molecule has 0 amide bonds. The Balaban J connectivity index is 1.97. The maximum atomic E-state index is 13.1. The lowest BCUT2D eigenvalue weighted by atomic mass is 10.0. The highest BCUT2D eigenvalue weighted by atomic mass is 32.2. The molecular weight excluding hydrogens is 404 g/mol. The maximum absolute atomic E-state index is 13.1. The average Bonchev–Trinajstić information content (AvgIpc) is 2.70. The number of fused-ring (bicyclic) bond motifs is 4. The second-order valence-electron chi connectivity index (χ2n) is 7.46. The Morgan fingerprint density at radius 1 is 0.800 bits per heavy atom. The molecule has 0 unspecified atom stereocenters. The van der Waals surface area contributed by atoms with Crippen molar-refractivity contribution >= 4 is 53.7 Å². The highest BCUT2D eigenvalue weighted by Crippen LogP contribution is 2.24. The van der Waals surface area contributed by atoms with Gasteiger partial charge in [0, 0.05) is 28.6 Å². The molecule has 0 atom stereocenters. The number of aromatic amines is 1. The molecule has 0 bridgehead atoms. The molecular formula is C22H16N2O5S. The fourth-order valence-corrected chi connectivity index (χ4v) is 4.51. The molecule has 2 aromatic heterocycles. The molecule has 0 fully saturated rings. The number of aryl methyl sites for hydroxylation is 2. The monoisotopic (exact) mass is 420 g/mol. The minimum Gasteiger partial charge on any atom is -0.354 e. The van der Waals surface area contributed by atoms with E-state index in [1.165, 1.54) is 18.2 Å². The van der Waals surface area contributed by atoms with E-state index in [0.717, 1.165) is 11.1 Å². The molecule has 5 rings (SSSR count). The summed E-state index contributed by atoms with van der Waals surface area (Å²) in [6, 6.07) is 12.7. The van der Waals surface area contributed by atoms with Gasteiger partial charge >= 0.3 is 0 Å². The zero-order chi connectivity index (χ0) is 21.4. The second-order valence-corrected chi connectivity index (χ2v) is 8.88. The zero-order valence-corrected chi connectivity index (χ0v) is 16.9. The Labute approximate surface area is 169 Å². The van der Waals surface area contributed by atoms with E-state index in [1.807, 2.05) is 30.7 Å². The first kappa shape index (κ1) is 18.5. The van der Waals surface area contributed by atoms with E-state index in [1.54, 1.807) is 18.2 Å². The van der Waals surface area contributed by atoms with Crippen molar-refractivity contribution in [2.24, 2.45) is 7.05 Å². The summed E-state index contributed by atoms with van der Waals surface area (Å²) >= 11 is 0. The van der Waals surface area contributed by atoms with Crippen LogP contribution >= 0.6 is 0 Å². The summed E-state index contributed by atoms with van der Waals surface area (Å²) in [7, 11) is -2.56. The van der Waals surface area contributed by atoms with Crippen LogP contribution in [-0.4, -0.2) is 22.5 Å². The Bertz CT molecular complexity index is 1780. The van der Waals surface area contributed by atoms with Gasteiger partial charge in [-0.1, -0.05) is 6.07 Å². The fourth-order valence-electron chi connectivity index (χ4n) is 4.00. The largest absolute Gasteiger partial charge is 0.354 e. The van der Waals surface area contributed by atoms with E-state index in [9.17, 15) is 22.6 Å². The van der Waals surface area contributed by atoms with Crippen LogP contribution in [-0.2, 0) is 17.2 Å². The number of nitrogens with one attached hydrogen (secondary N) is 1. The molecule has 3 aromatic carbocycles. The lowest BCUT2D eigenvalue weighted by Gasteiger charge is -2.12. The van der Waals surface area contributed by atoms with Gasteiger partial charge in [-0.05, 0) is 55.0 Å². The zero-order valence-electron chi connectivity index (χ0n) is 16.1. The molecule has 150 valence electrons. The van der Waals surface area contributed by atoms with E-state index >= 15 is 0 Å². The normalized spacial score (nSPS) is 12.4. The highest BCUT2D eigenvalue weighted by Gasteiger charge is 2.15. The fraction of sp³-hybridized carbons (Fsp3) is 0.0909. The van der Waals surface area contributed by atoms with Gasteiger partial charge in [0.15, 0.2) is 10.9 Å². The van der Waals surface area contributed by atoms with Crippen molar-refractivity contribution in [2.75, 3.05) is 0 Å². The third kappa shape index (κ3) is 2.58. The van der Waals surface area contributed by atoms with Crippen molar-refractivity contribution in [3.63, 3.8) is 0 Å². The Hall–Kier alpha value is -3.49. The number of nitrogens with zero attached hydrogens (tertiary/aromatic N) is 1. The van der Waals surface area contributed by atoms with Gasteiger partial charge in [0.25, 0.3) is 10.1 Å². The number of rotatable bonds is 1.